The molecule has 2 fully saturated rings. The van der Waals surface area contributed by atoms with E-state index in [0.717, 1.165) is 43.1 Å². The molecule has 22 heavy (non-hydrogen) atoms. The van der Waals surface area contributed by atoms with Crippen molar-refractivity contribution >= 4 is 16.8 Å². The zero-order chi connectivity index (χ0) is 15.2. The molecule has 5 heteroatoms. The Morgan fingerprint density at radius 3 is 2.95 bits per heavy atom. The van der Waals surface area contributed by atoms with Crippen molar-refractivity contribution in [3.8, 4) is 0 Å². The third kappa shape index (κ3) is 2.50. The van der Waals surface area contributed by atoms with Gasteiger partial charge in [-0.1, -0.05) is 18.2 Å². The molecule has 0 radical (unpaired) electrons. The third-order valence-electron chi connectivity index (χ3n) is 5.05. The molecule has 2 aliphatic rings. The van der Waals surface area contributed by atoms with Gasteiger partial charge in [-0.25, -0.2) is 0 Å². The Labute approximate surface area is 129 Å². The molecule has 1 aliphatic carbocycles. The van der Waals surface area contributed by atoms with Gasteiger partial charge in [0.2, 0.25) is 5.91 Å². The number of hydrogen-bond acceptors (Lipinski definition) is 3. The van der Waals surface area contributed by atoms with E-state index in [4.69, 9.17) is 0 Å². The molecule has 5 nitrogen and oxygen atoms in total. The summed E-state index contributed by atoms with van der Waals surface area (Å²) in [5.41, 5.74) is 0.429. The van der Waals surface area contributed by atoms with Crippen LogP contribution in [0.15, 0.2) is 30.5 Å². The number of benzene rings is 1. The lowest BCUT2D eigenvalue weighted by molar-refractivity contribution is -0.135. The first-order valence-electron chi connectivity index (χ1n) is 8.06. The van der Waals surface area contributed by atoms with Crippen molar-refractivity contribution < 1.29 is 9.90 Å². The highest BCUT2D eigenvalue weighted by Crippen LogP contribution is 2.45. The fraction of sp³-hybridized carbons (Fsp3) is 0.529. The van der Waals surface area contributed by atoms with E-state index in [2.05, 4.69) is 5.10 Å². The Bertz CT molecular complexity index is 672. The van der Waals surface area contributed by atoms with Crippen LogP contribution in [0.5, 0.6) is 0 Å². The molecule has 0 spiro atoms. The van der Waals surface area contributed by atoms with Gasteiger partial charge in [-0.15, -0.1) is 0 Å². The maximum Gasteiger partial charge on any atom is 0.244 e. The SMILES string of the molecule is O=C(Cn1cc2ccccc2n1)N1CCCC(C2(O)CC2)C1. The topological polar surface area (TPSA) is 58.4 Å². The van der Waals surface area contributed by atoms with E-state index in [1.165, 1.54) is 0 Å². The largest absolute Gasteiger partial charge is 0.390 e. The number of piperidine rings is 1. The Kier molecular flexibility index (Phi) is 3.18. The fourth-order valence-corrected chi connectivity index (χ4v) is 3.51. The quantitative estimate of drug-likeness (QED) is 0.940. The number of rotatable bonds is 3. The second-order valence-corrected chi connectivity index (χ2v) is 6.67. The minimum absolute atomic E-state index is 0.0988. The van der Waals surface area contributed by atoms with Crippen LogP contribution in [0, 0.1) is 5.92 Å². The Morgan fingerprint density at radius 2 is 2.18 bits per heavy atom. The van der Waals surface area contributed by atoms with E-state index >= 15 is 0 Å². The molecule has 1 N–H and O–H groups in total. The van der Waals surface area contributed by atoms with Crippen LogP contribution in [-0.2, 0) is 11.3 Å². The van der Waals surface area contributed by atoms with Crippen molar-refractivity contribution in [3.05, 3.63) is 30.5 Å². The Morgan fingerprint density at radius 1 is 1.36 bits per heavy atom. The summed E-state index contributed by atoms with van der Waals surface area (Å²) in [7, 11) is 0. The number of carbonyl (C=O) groups is 1. The molecule has 1 unspecified atom stereocenters. The molecule has 1 saturated carbocycles. The molecule has 2 aromatic rings. The van der Waals surface area contributed by atoms with Crippen molar-refractivity contribution in [1.82, 2.24) is 14.7 Å². The molecule has 1 saturated heterocycles. The highest BCUT2D eigenvalue weighted by atomic mass is 16.3. The predicted molar refractivity (Wildman–Crippen MR) is 83.2 cm³/mol. The van der Waals surface area contributed by atoms with Gasteiger partial charge in [0.1, 0.15) is 6.54 Å². The van der Waals surface area contributed by atoms with Gasteiger partial charge in [-0.2, -0.15) is 5.10 Å². The van der Waals surface area contributed by atoms with Gasteiger partial charge >= 0.3 is 0 Å². The number of likely N-dealkylation sites (tertiary alicyclic amines) is 1. The highest BCUT2D eigenvalue weighted by Gasteiger charge is 2.48. The minimum atomic E-state index is -0.487. The van der Waals surface area contributed by atoms with Crippen LogP contribution in [0.1, 0.15) is 25.7 Å². The molecular formula is C17H21N3O2. The van der Waals surface area contributed by atoms with Gasteiger partial charge in [0, 0.05) is 30.6 Å². The van der Waals surface area contributed by atoms with Crippen LogP contribution >= 0.6 is 0 Å². The maximum atomic E-state index is 12.5. The zero-order valence-electron chi connectivity index (χ0n) is 12.6. The second kappa shape index (κ2) is 5.09. The third-order valence-corrected chi connectivity index (χ3v) is 5.05. The average molecular weight is 299 g/mol. The molecular weight excluding hydrogens is 278 g/mol. The summed E-state index contributed by atoms with van der Waals surface area (Å²) < 4.78 is 1.72. The molecule has 4 rings (SSSR count). The number of aliphatic hydroxyl groups is 1. The van der Waals surface area contributed by atoms with Crippen LogP contribution < -0.4 is 0 Å². The van der Waals surface area contributed by atoms with Crippen molar-refractivity contribution in [3.63, 3.8) is 0 Å². The number of fused-ring (bicyclic) bond motifs is 1. The van der Waals surface area contributed by atoms with Crippen molar-refractivity contribution in [2.45, 2.75) is 37.8 Å². The van der Waals surface area contributed by atoms with E-state index in [-0.39, 0.29) is 18.4 Å². The summed E-state index contributed by atoms with van der Waals surface area (Å²) in [6, 6.07) is 7.88. The molecule has 1 aliphatic heterocycles. The lowest BCUT2D eigenvalue weighted by atomic mass is 9.90. The minimum Gasteiger partial charge on any atom is -0.390 e. The predicted octanol–water partition coefficient (Wildman–Crippen LogP) is 1.80. The van der Waals surface area contributed by atoms with Gasteiger partial charge in [-0.05, 0) is 31.7 Å². The monoisotopic (exact) mass is 299 g/mol. The molecule has 1 aromatic heterocycles. The summed E-state index contributed by atoms with van der Waals surface area (Å²) in [6.07, 6.45) is 5.73. The number of amides is 1. The molecule has 1 aromatic carbocycles. The molecule has 1 amide bonds. The van der Waals surface area contributed by atoms with Crippen LogP contribution in [0.4, 0.5) is 0 Å². The highest BCUT2D eigenvalue weighted by molar-refractivity contribution is 5.80. The first kappa shape index (κ1) is 13.8. The van der Waals surface area contributed by atoms with E-state index < -0.39 is 5.60 Å². The smallest absolute Gasteiger partial charge is 0.244 e. The molecule has 116 valence electrons. The van der Waals surface area contributed by atoms with E-state index in [0.29, 0.717) is 6.54 Å². The van der Waals surface area contributed by atoms with E-state index in [9.17, 15) is 9.90 Å². The van der Waals surface area contributed by atoms with Crippen molar-refractivity contribution in [1.29, 1.82) is 0 Å². The number of nitrogens with zero attached hydrogens (tertiary/aromatic N) is 3. The Balaban J connectivity index is 1.45. The summed E-state index contributed by atoms with van der Waals surface area (Å²) in [4.78, 5) is 14.4. The Hall–Kier alpha value is -1.88. The second-order valence-electron chi connectivity index (χ2n) is 6.67. The molecule has 1 atom stereocenters. The van der Waals surface area contributed by atoms with Gasteiger partial charge < -0.3 is 10.0 Å². The summed E-state index contributed by atoms with van der Waals surface area (Å²) in [6.45, 7) is 1.77. The first-order chi connectivity index (χ1) is 10.6. The van der Waals surface area contributed by atoms with Crippen LogP contribution in [0.25, 0.3) is 10.9 Å². The van der Waals surface area contributed by atoms with Crippen LogP contribution in [0.2, 0.25) is 0 Å². The van der Waals surface area contributed by atoms with Gasteiger partial charge in [0.15, 0.2) is 0 Å². The lowest BCUT2D eigenvalue weighted by Crippen LogP contribution is -2.45. The summed E-state index contributed by atoms with van der Waals surface area (Å²) in [5.74, 6) is 0.351. The maximum absolute atomic E-state index is 12.5. The fourth-order valence-electron chi connectivity index (χ4n) is 3.51. The van der Waals surface area contributed by atoms with E-state index in [1.54, 1.807) is 4.68 Å². The number of carbonyl (C=O) groups excluding carboxylic acids is 1. The van der Waals surface area contributed by atoms with Gasteiger partial charge in [-0.3, -0.25) is 9.48 Å². The first-order valence-corrected chi connectivity index (χ1v) is 8.06. The van der Waals surface area contributed by atoms with Gasteiger partial charge in [0.25, 0.3) is 0 Å². The normalized spacial score (nSPS) is 23.7. The summed E-state index contributed by atoms with van der Waals surface area (Å²) >= 11 is 0. The molecule has 0 bridgehead atoms. The average Bonchev–Trinajstić information content (AvgIpc) is 3.15. The van der Waals surface area contributed by atoms with Crippen molar-refractivity contribution in [2.24, 2.45) is 5.92 Å². The lowest BCUT2D eigenvalue weighted by Gasteiger charge is -2.35. The van der Waals surface area contributed by atoms with E-state index in [1.807, 2.05) is 35.4 Å². The van der Waals surface area contributed by atoms with Crippen molar-refractivity contribution in [2.75, 3.05) is 13.1 Å². The molecule has 2 heterocycles. The van der Waals surface area contributed by atoms with Gasteiger partial charge in [0.05, 0.1) is 11.1 Å². The standard InChI is InChI=1S/C17H21N3O2/c21-16(12-20-10-13-4-1-2-6-15(13)18-20)19-9-3-5-14(11-19)17(22)7-8-17/h1-2,4,6,10,14,22H,3,5,7-9,11-12H2. The zero-order valence-corrected chi connectivity index (χ0v) is 12.6. The van der Waals surface area contributed by atoms with Crippen LogP contribution in [-0.4, -0.2) is 44.4 Å². The summed E-state index contributed by atoms with van der Waals surface area (Å²) in [5, 5.41) is 15.8. The van der Waals surface area contributed by atoms with Crippen LogP contribution in [0.3, 0.4) is 0 Å². The number of aromatic nitrogens is 2. The number of hydrogen-bond donors (Lipinski definition) is 1.